The summed E-state index contributed by atoms with van der Waals surface area (Å²) in [6.45, 7) is 1.91. The Hall–Kier alpha value is -3.55. The van der Waals surface area contributed by atoms with Gasteiger partial charge in [0.1, 0.15) is 5.69 Å². The smallest absolute Gasteiger partial charge is 0.266 e. The summed E-state index contributed by atoms with van der Waals surface area (Å²) in [5.74, 6) is 0.395. The van der Waals surface area contributed by atoms with Crippen LogP contribution in [0.3, 0.4) is 0 Å². The summed E-state index contributed by atoms with van der Waals surface area (Å²) in [7, 11) is 1.77. The lowest BCUT2D eigenvalue weighted by Crippen LogP contribution is -2.23. The normalized spacial score (nSPS) is 11.0. The van der Waals surface area contributed by atoms with Gasteiger partial charge in [0.2, 0.25) is 5.89 Å². The van der Waals surface area contributed by atoms with Crippen LogP contribution in [0.1, 0.15) is 21.9 Å². The monoisotopic (exact) mass is 348 g/mol. The Morgan fingerprint density at radius 3 is 2.88 bits per heavy atom. The first-order valence-electron chi connectivity index (χ1n) is 8.07. The summed E-state index contributed by atoms with van der Waals surface area (Å²) in [6.07, 6.45) is 3.37. The van der Waals surface area contributed by atoms with E-state index in [4.69, 9.17) is 4.42 Å². The van der Waals surface area contributed by atoms with Gasteiger partial charge in [0, 0.05) is 24.8 Å². The largest absolute Gasteiger partial charge is 0.417 e. The third-order valence-electron chi connectivity index (χ3n) is 4.00. The number of aromatic nitrogens is 5. The van der Waals surface area contributed by atoms with Crippen molar-refractivity contribution in [1.82, 2.24) is 30.3 Å². The van der Waals surface area contributed by atoms with Crippen LogP contribution in [0, 0.1) is 6.92 Å². The molecule has 3 aromatic heterocycles. The number of hydrogen-bond acceptors (Lipinski definition) is 6. The van der Waals surface area contributed by atoms with Crippen LogP contribution in [0.25, 0.3) is 22.4 Å². The first-order valence-corrected chi connectivity index (χ1v) is 8.07. The molecule has 0 fully saturated rings. The molecule has 130 valence electrons. The average molecular weight is 348 g/mol. The third-order valence-corrected chi connectivity index (χ3v) is 4.00. The van der Waals surface area contributed by atoms with Gasteiger partial charge in [-0.3, -0.25) is 14.5 Å². The number of nitrogens with one attached hydrogen (secondary N) is 1. The van der Waals surface area contributed by atoms with E-state index in [0.717, 1.165) is 10.8 Å². The summed E-state index contributed by atoms with van der Waals surface area (Å²) in [5, 5.41) is 17.0. The minimum atomic E-state index is -0.237. The van der Waals surface area contributed by atoms with Crippen molar-refractivity contribution in [3.05, 3.63) is 59.9 Å². The number of benzene rings is 1. The molecule has 0 aliphatic rings. The van der Waals surface area contributed by atoms with Crippen molar-refractivity contribution in [2.45, 2.75) is 13.5 Å². The van der Waals surface area contributed by atoms with E-state index >= 15 is 0 Å². The number of fused-ring (bicyclic) bond motifs is 1. The molecule has 26 heavy (non-hydrogen) atoms. The number of hydrogen-bond donors (Lipinski definition) is 1. The second kappa shape index (κ2) is 6.40. The van der Waals surface area contributed by atoms with E-state index in [1.807, 2.05) is 30.3 Å². The maximum atomic E-state index is 12.2. The van der Waals surface area contributed by atoms with Crippen LogP contribution in [-0.2, 0) is 13.6 Å². The number of aryl methyl sites for hydroxylation is 2. The fourth-order valence-electron chi connectivity index (χ4n) is 2.78. The molecular formula is C18H16N6O2. The first kappa shape index (κ1) is 15.9. The Bertz CT molecular complexity index is 1090. The lowest BCUT2D eigenvalue weighted by atomic mass is 10.1. The number of rotatable bonds is 4. The van der Waals surface area contributed by atoms with E-state index in [0.29, 0.717) is 28.7 Å². The fourth-order valence-corrected chi connectivity index (χ4v) is 2.78. The van der Waals surface area contributed by atoms with Crippen molar-refractivity contribution in [3.63, 3.8) is 0 Å². The zero-order valence-corrected chi connectivity index (χ0v) is 14.3. The minimum Gasteiger partial charge on any atom is -0.417 e. The molecule has 0 aliphatic carbocycles. The molecule has 0 saturated heterocycles. The molecule has 0 saturated carbocycles. The molecule has 0 aliphatic heterocycles. The number of amides is 1. The van der Waals surface area contributed by atoms with Gasteiger partial charge in [0.15, 0.2) is 0 Å². The Labute approximate surface area is 148 Å². The molecule has 1 amide bonds. The standard InChI is InChI=1S/C18H16N6O2/c1-11-14(10-24(2)23-11)17(25)20-9-15-21-22-18(26-15)16-13-6-4-3-5-12(13)7-8-19-16/h3-8,10H,9H2,1-2H3,(H,20,25). The summed E-state index contributed by atoms with van der Waals surface area (Å²) >= 11 is 0. The van der Waals surface area contributed by atoms with Gasteiger partial charge in [-0.05, 0) is 18.4 Å². The Kier molecular flexibility index (Phi) is 3.92. The van der Waals surface area contributed by atoms with Gasteiger partial charge < -0.3 is 9.73 Å². The van der Waals surface area contributed by atoms with Gasteiger partial charge in [0.25, 0.3) is 11.8 Å². The van der Waals surface area contributed by atoms with Gasteiger partial charge >= 0.3 is 0 Å². The van der Waals surface area contributed by atoms with Gasteiger partial charge in [-0.2, -0.15) is 5.10 Å². The number of carbonyl (C=O) groups is 1. The highest BCUT2D eigenvalue weighted by Crippen LogP contribution is 2.25. The average Bonchev–Trinajstić information content (AvgIpc) is 3.25. The second-order valence-electron chi connectivity index (χ2n) is 5.87. The fraction of sp³-hybridized carbons (Fsp3) is 0.167. The first-order chi connectivity index (χ1) is 12.6. The molecule has 0 radical (unpaired) electrons. The van der Waals surface area contributed by atoms with Crippen molar-refractivity contribution in [3.8, 4) is 11.6 Å². The summed E-state index contributed by atoms with van der Waals surface area (Å²) in [5.41, 5.74) is 1.80. The van der Waals surface area contributed by atoms with Crippen molar-refractivity contribution >= 4 is 16.7 Å². The van der Waals surface area contributed by atoms with E-state index < -0.39 is 0 Å². The molecular weight excluding hydrogens is 332 g/mol. The second-order valence-corrected chi connectivity index (χ2v) is 5.87. The molecule has 0 atom stereocenters. The molecule has 0 unspecified atom stereocenters. The van der Waals surface area contributed by atoms with E-state index in [1.54, 1.807) is 31.0 Å². The van der Waals surface area contributed by atoms with Gasteiger partial charge in [0.05, 0.1) is 17.8 Å². The van der Waals surface area contributed by atoms with Crippen LogP contribution in [0.4, 0.5) is 0 Å². The van der Waals surface area contributed by atoms with Crippen LogP contribution in [-0.4, -0.2) is 30.9 Å². The lowest BCUT2D eigenvalue weighted by Gasteiger charge is -2.01. The highest BCUT2D eigenvalue weighted by atomic mass is 16.4. The van der Waals surface area contributed by atoms with Crippen molar-refractivity contribution in [2.75, 3.05) is 0 Å². The van der Waals surface area contributed by atoms with Crippen LogP contribution < -0.4 is 5.32 Å². The SMILES string of the molecule is Cc1nn(C)cc1C(=O)NCc1nnc(-c2nccc3ccccc23)o1. The number of pyridine rings is 1. The van der Waals surface area contributed by atoms with Gasteiger partial charge in [-0.1, -0.05) is 24.3 Å². The Morgan fingerprint density at radius 2 is 2.08 bits per heavy atom. The molecule has 1 N–H and O–H groups in total. The van der Waals surface area contributed by atoms with E-state index in [1.165, 1.54) is 0 Å². The van der Waals surface area contributed by atoms with E-state index in [2.05, 4.69) is 25.6 Å². The zero-order chi connectivity index (χ0) is 18.1. The predicted octanol–water partition coefficient (Wildman–Crippen LogP) is 2.26. The maximum absolute atomic E-state index is 12.2. The summed E-state index contributed by atoms with van der Waals surface area (Å²) in [6, 6.07) is 9.76. The lowest BCUT2D eigenvalue weighted by molar-refractivity contribution is 0.0946. The Balaban J connectivity index is 1.53. The highest BCUT2D eigenvalue weighted by Gasteiger charge is 2.16. The van der Waals surface area contributed by atoms with Gasteiger partial charge in [-0.25, -0.2) is 0 Å². The Morgan fingerprint density at radius 1 is 1.23 bits per heavy atom. The predicted molar refractivity (Wildman–Crippen MR) is 94.2 cm³/mol. The molecule has 4 aromatic rings. The highest BCUT2D eigenvalue weighted by molar-refractivity contribution is 5.95. The quantitative estimate of drug-likeness (QED) is 0.607. The minimum absolute atomic E-state index is 0.130. The number of nitrogens with zero attached hydrogens (tertiary/aromatic N) is 5. The topological polar surface area (TPSA) is 98.7 Å². The molecule has 0 bridgehead atoms. The zero-order valence-electron chi connectivity index (χ0n) is 14.3. The van der Waals surface area contributed by atoms with Gasteiger partial charge in [-0.15, -0.1) is 10.2 Å². The maximum Gasteiger partial charge on any atom is 0.266 e. The third kappa shape index (κ3) is 2.92. The van der Waals surface area contributed by atoms with Crippen LogP contribution >= 0.6 is 0 Å². The van der Waals surface area contributed by atoms with Crippen molar-refractivity contribution in [1.29, 1.82) is 0 Å². The molecule has 8 heteroatoms. The molecule has 0 spiro atoms. The molecule has 3 heterocycles. The van der Waals surface area contributed by atoms with Crippen LogP contribution in [0.2, 0.25) is 0 Å². The summed E-state index contributed by atoms with van der Waals surface area (Å²) < 4.78 is 7.28. The molecule has 1 aromatic carbocycles. The van der Waals surface area contributed by atoms with E-state index in [-0.39, 0.29) is 12.5 Å². The van der Waals surface area contributed by atoms with Crippen molar-refractivity contribution < 1.29 is 9.21 Å². The molecule has 8 nitrogen and oxygen atoms in total. The summed E-state index contributed by atoms with van der Waals surface area (Å²) in [4.78, 5) is 16.6. The van der Waals surface area contributed by atoms with E-state index in [9.17, 15) is 4.79 Å². The van der Waals surface area contributed by atoms with Crippen molar-refractivity contribution in [2.24, 2.45) is 7.05 Å². The van der Waals surface area contributed by atoms with Crippen LogP contribution in [0.15, 0.2) is 47.1 Å². The number of carbonyl (C=O) groups excluding carboxylic acids is 1. The molecule has 4 rings (SSSR count). The van der Waals surface area contributed by atoms with Crippen LogP contribution in [0.5, 0.6) is 0 Å².